The summed E-state index contributed by atoms with van der Waals surface area (Å²) in [5.74, 6) is -0.0596. The Hall–Kier alpha value is -0.830. The van der Waals surface area contributed by atoms with E-state index in [0.29, 0.717) is 12.1 Å². The monoisotopic (exact) mass is 182 g/mol. The zero-order valence-corrected chi connectivity index (χ0v) is 8.42. The number of likely N-dealkylation sites (tertiary alicyclic amines) is 1. The zero-order valence-electron chi connectivity index (χ0n) is 8.42. The van der Waals surface area contributed by atoms with Crippen LogP contribution in [0, 0.1) is 0 Å². The van der Waals surface area contributed by atoms with Crippen molar-refractivity contribution < 1.29 is 4.79 Å². The van der Waals surface area contributed by atoms with Gasteiger partial charge in [-0.3, -0.25) is 9.69 Å². The van der Waals surface area contributed by atoms with Crippen LogP contribution in [0.15, 0.2) is 12.7 Å². The lowest BCUT2D eigenvalue weighted by atomic mass is 10.2. The van der Waals surface area contributed by atoms with Gasteiger partial charge in [-0.05, 0) is 26.3 Å². The van der Waals surface area contributed by atoms with Crippen LogP contribution < -0.4 is 5.32 Å². The molecule has 0 aromatic rings. The molecule has 1 heterocycles. The number of nitrogens with one attached hydrogen (secondary N) is 1. The fourth-order valence-corrected chi connectivity index (χ4v) is 1.63. The Labute approximate surface area is 79.8 Å². The SMILES string of the molecule is C=CC(=O)N[C@H]1CCN(C(C)C)C1. The van der Waals surface area contributed by atoms with Gasteiger partial charge in [0, 0.05) is 25.2 Å². The van der Waals surface area contributed by atoms with Crippen molar-refractivity contribution >= 4 is 5.91 Å². The summed E-state index contributed by atoms with van der Waals surface area (Å²) in [7, 11) is 0. The second kappa shape index (κ2) is 4.42. The first-order chi connectivity index (χ1) is 6.13. The van der Waals surface area contributed by atoms with Crippen LogP contribution in [0.3, 0.4) is 0 Å². The van der Waals surface area contributed by atoms with Gasteiger partial charge in [0.05, 0.1) is 0 Å². The van der Waals surface area contributed by atoms with Gasteiger partial charge in [-0.2, -0.15) is 0 Å². The molecule has 0 spiro atoms. The van der Waals surface area contributed by atoms with Crippen molar-refractivity contribution in [2.75, 3.05) is 13.1 Å². The topological polar surface area (TPSA) is 32.3 Å². The standard InChI is InChI=1S/C10H18N2O/c1-4-10(13)11-9-5-6-12(7-9)8(2)3/h4,8-9H,1,5-7H2,2-3H3,(H,11,13)/t9-/m0/s1. The Kier molecular flexibility index (Phi) is 3.48. The Morgan fingerprint density at radius 3 is 2.85 bits per heavy atom. The second-order valence-electron chi connectivity index (χ2n) is 3.79. The van der Waals surface area contributed by atoms with Gasteiger partial charge in [0.1, 0.15) is 0 Å². The minimum Gasteiger partial charge on any atom is -0.349 e. The lowest BCUT2D eigenvalue weighted by molar-refractivity contribution is -0.117. The van der Waals surface area contributed by atoms with Crippen LogP contribution in [0.5, 0.6) is 0 Å². The van der Waals surface area contributed by atoms with Crippen LogP contribution >= 0.6 is 0 Å². The molecule has 1 amide bonds. The Bertz CT molecular complexity index is 201. The van der Waals surface area contributed by atoms with E-state index in [0.717, 1.165) is 19.5 Å². The maximum absolute atomic E-state index is 11.0. The fourth-order valence-electron chi connectivity index (χ4n) is 1.63. The highest BCUT2D eigenvalue weighted by molar-refractivity contribution is 5.87. The summed E-state index contributed by atoms with van der Waals surface area (Å²) in [5, 5.41) is 2.91. The maximum atomic E-state index is 11.0. The van der Waals surface area contributed by atoms with E-state index in [2.05, 4.69) is 30.6 Å². The van der Waals surface area contributed by atoms with E-state index in [-0.39, 0.29) is 5.91 Å². The van der Waals surface area contributed by atoms with Crippen LogP contribution in [0.25, 0.3) is 0 Å². The van der Waals surface area contributed by atoms with E-state index in [1.807, 2.05) is 0 Å². The number of rotatable bonds is 3. The first-order valence-corrected chi connectivity index (χ1v) is 4.80. The molecule has 74 valence electrons. The summed E-state index contributed by atoms with van der Waals surface area (Å²) >= 11 is 0. The molecule has 3 heteroatoms. The molecule has 1 saturated heterocycles. The average molecular weight is 182 g/mol. The molecule has 0 aromatic heterocycles. The van der Waals surface area contributed by atoms with Crippen LogP contribution in [0.1, 0.15) is 20.3 Å². The molecule has 1 fully saturated rings. The van der Waals surface area contributed by atoms with Gasteiger partial charge < -0.3 is 5.32 Å². The van der Waals surface area contributed by atoms with E-state index in [4.69, 9.17) is 0 Å². The Morgan fingerprint density at radius 1 is 1.69 bits per heavy atom. The van der Waals surface area contributed by atoms with Gasteiger partial charge in [0.15, 0.2) is 0 Å². The number of hydrogen-bond acceptors (Lipinski definition) is 2. The van der Waals surface area contributed by atoms with Gasteiger partial charge in [-0.25, -0.2) is 0 Å². The summed E-state index contributed by atoms with van der Waals surface area (Å²) in [6.45, 7) is 9.84. The lowest BCUT2D eigenvalue weighted by Gasteiger charge is -2.20. The smallest absolute Gasteiger partial charge is 0.243 e. The predicted molar refractivity (Wildman–Crippen MR) is 53.5 cm³/mol. The third-order valence-corrected chi connectivity index (χ3v) is 2.48. The van der Waals surface area contributed by atoms with Gasteiger partial charge in [-0.15, -0.1) is 0 Å². The summed E-state index contributed by atoms with van der Waals surface area (Å²) in [6.07, 6.45) is 2.38. The number of carbonyl (C=O) groups excluding carboxylic acids is 1. The molecular formula is C10H18N2O. The van der Waals surface area contributed by atoms with Gasteiger partial charge >= 0.3 is 0 Å². The summed E-state index contributed by atoms with van der Waals surface area (Å²) < 4.78 is 0. The molecule has 0 radical (unpaired) electrons. The third-order valence-electron chi connectivity index (χ3n) is 2.48. The van der Waals surface area contributed by atoms with Crippen molar-refractivity contribution in [3.63, 3.8) is 0 Å². The third kappa shape index (κ3) is 2.84. The highest BCUT2D eigenvalue weighted by atomic mass is 16.1. The highest BCUT2D eigenvalue weighted by Crippen LogP contribution is 2.11. The Balaban J connectivity index is 2.33. The normalized spacial score (nSPS) is 23.5. The van der Waals surface area contributed by atoms with Crippen molar-refractivity contribution in [3.05, 3.63) is 12.7 Å². The first kappa shape index (κ1) is 10.3. The van der Waals surface area contributed by atoms with Crippen LogP contribution in [0.2, 0.25) is 0 Å². The molecule has 0 unspecified atom stereocenters. The first-order valence-electron chi connectivity index (χ1n) is 4.80. The molecule has 0 aromatic carbocycles. The summed E-state index contributed by atoms with van der Waals surface area (Å²) in [6, 6.07) is 0.888. The highest BCUT2D eigenvalue weighted by Gasteiger charge is 2.24. The molecule has 1 atom stereocenters. The van der Waals surface area contributed by atoms with E-state index in [1.54, 1.807) is 0 Å². The molecule has 0 aliphatic carbocycles. The summed E-state index contributed by atoms with van der Waals surface area (Å²) in [4.78, 5) is 13.4. The van der Waals surface area contributed by atoms with Crippen LogP contribution in [0.4, 0.5) is 0 Å². The molecule has 13 heavy (non-hydrogen) atoms. The van der Waals surface area contributed by atoms with Crippen molar-refractivity contribution in [1.29, 1.82) is 0 Å². The number of hydrogen-bond donors (Lipinski definition) is 1. The number of amides is 1. The molecule has 1 aliphatic heterocycles. The molecular weight excluding hydrogens is 164 g/mol. The molecule has 1 aliphatic rings. The van der Waals surface area contributed by atoms with Crippen LogP contribution in [-0.4, -0.2) is 36.0 Å². The van der Waals surface area contributed by atoms with E-state index < -0.39 is 0 Å². The molecule has 1 rings (SSSR count). The van der Waals surface area contributed by atoms with Crippen LogP contribution in [-0.2, 0) is 4.79 Å². The minimum atomic E-state index is -0.0596. The van der Waals surface area contributed by atoms with Gasteiger partial charge in [-0.1, -0.05) is 6.58 Å². The second-order valence-corrected chi connectivity index (χ2v) is 3.79. The zero-order chi connectivity index (χ0) is 9.84. The van der Waals surface area contributed by atoms with Gasteiger partial charge in [0.25, 0.3) is 0 Å². The van der Waals surface area contributed by atoms with E-state index in [9.17, 15) is 4.79 Å². The molecule has 3 nitrogen and oxygen atoms in total. The molecule has 0 bridgehead atoms. The maximum Gasteiger partial charge on any atom is 0.243 e. The molecule has 0 saturated carbocycles. The quantitative estimate of drug-likeness (QED) is 0.654. The summed E-state index contributed by atoms with van der Waals surface area (Å²) in [5.41, 5.74) is 0. The van der Waals surface area contributed by atoms with Crippen molar-refractivity contribution in [2.45, 2.75) is 32.4 Å². The molecule has 1 N–H and O–H groups in total. The van der Waals surface area contributed by atoms with E-state index in [1.165, 1.54) is 6.08 Å². The van der Waals surface area contributed by atoms with Crippen molar-refractivity contribution in [3.8, 4) is 0 Å². The fraction of sp³-hybridized carbons (Fsp3) is 0.700. The largest absolute Gasteiger partial charge is 0.349 e. The predicted octanol–water partition coefficient (Wildman–Crippen LogP) is 0.771. The van der Waals surface area contributed by atoms with Crippen molar-refractivity contribution in [2.24, 2.45) is 0 Å². The van der Waals surface area contributed by atoms with E-state index >= 15 is 0 Å². The lowest BCUT2D eigenvalue weighted by Crippen LogP contribution is -2.37. The number of carbonyl (C=O) groups is 1. The van der Waals surface area contributed by atoms with Crippen molar-refractivity contribution in [1.82, 2.24) is 10.2 Å². The number of nitrogens with zero attached hydrogens (tertiary/aromatic N) is 1. The van der Waals surface area contributed by atoms with Gasteiger partial charge in [0.2, 0.25) is 5.91 Å². The Morgan fingerprint density at radius 2 is 2.38 bits per heavy atom. The average Bonchev–Trinajstić information content (AvgIpc) is 2.52. The minimum absolute atomic E-state index is 0.0596.